The van der Waals surface area contributed by atoms with Crippen LogP contribution in [0.1, 0.15) is 57.3 Å². The van der Waals surface area contributed by atoms with Gasteiger partial charge in [-0.3, -0.25) is 0 Å². The average Bonchev–Trinajstić information content (AvgIpc) is 2.90. The first-order valence-electron chi connectivity index (χ1n) is 8.38. The number of rotatable bonds is 4. The molecule has 1 atom stereocenters. The van der Waals surface area contributed by atoms with Gasteiger partial charge < -0.3 is 15.0 Å². The molecule has 6 heteroatoms. The van der Waals surface area contributed by atoms with Crippen LogP contribution in [-0.4, -0.2) is 41.2 Å². The molecule has 2 rings (SSSR count). The Morgan fingerprint density at radius 3 is 2.65 bits per heavy atom. The van der Waals surface area contributed by atoms with Gasteiger partial charge in [-0.15, -0.1) is 11.3 Å². The number of carbonyl (C=O) groups excluding carboxylic acids is 1. The van der Waals surface area contributed by atoms with Crippen molar-refractivity contribution in [1.82, 2.24) is 15.2 Å². The van der Waals surface area contributed by atoms with E-state index in [2.05, 4.69) is 22.6 Å². The summed E-state index contributed by atoms with van der Waals surface area (Å²) in [4.78, 5) is 18.4. The molecule has 1 aliphatic heterocycles. The van der Waals surface area contributed by atoms with Crippen molar-refractivity contribution in [2.75, 3.05) is 19.6 Å². The summed E-state index contributed by atoms with van der Waals surface area (Å²) in [7, 11) is 0. The highest BCUT2D eigenvalue weighted by atomic mass is 32.1. The maximum Gasteiger partial charge on any atom is 0.410 e. The Balaban J connectivity index is 1.71. The van der Waals surface area contributed by atoms with Crippen LogP contribution in [0.3, 0.4) is 0 Å². The van der Waals surface area contributed by atoms with Gasteiger partial charge in [0, 0.05) is 24.5 Å². The van der Waals surface area contributed by atoms with E-state index in [-0.39, 0.29) is 12.1 Å². The summed E-state index contributed by atoms with van der Waals surface area (Å²) < 4.78 is 5.44. The summed E-state index contributed by atoms with van der Waals surface area (Å²) in [5, 5.41) is 6.81. The Hall–Kier alpha value is -1.14. The monoisotopic (exact) mass is 339 g/mol. The maximum absolute atomic E-state index is 12.1. The number of thiazole rings is 1. The third-order valence-corrected chi connectivity index (χ3v) is 4.85. The normalized spacial score (nSPS) is 18.0. The van der Waals surface area contributed by atoms with Crippen LogP contribution in [-0.2, 0) is 4.74 Å². The molecule has 0 spiro atoms. The Kier molecular flexibility index (Phi) is 6.03. The topological polar surface area (TPSA) is 54.5 Å². The fraction of sp³-hybridized carbons (Fsp3) is 0.765. The summed E-state index contributed by atoms with van der Waals surface area (Å²) in [6.45, 7) is 12.4. The summed E-state index contributed by atoms with van der Waals surface area (Å²) in [5.41, 5.74) is 0.704. The number of aryl methyl sites for hydroxylation is 1. The van der Waals surface area contributed by atoms with E-state index in [4.69, 9.17) is 4.74 Å². The number of ether oxygens (including phenoxy) is 1. The van der Waals surface area contributed by atoms with Gasteiger partial charge in [-0.25, -0.2) is 9.78 Å². The third-order valence-electron chi connectivity index (χ3n) is 4.06. The molecule has 2 heterocycles. The van der Waals surface area contributed by atoms with Crippen LogP contribution in [0, 0.1) is 12.8 Å². The van der Waals surface area contributed by atoms with E-state index < -0.39 is 5.60 Å². The zero-order valence-electron chi connectivity index (χ0n) is 14.9. The lowest BCUT2D eigenvalue weighted by molar-refractivity contribution is 0.0183. The quantitative estimate of drug-likeness (QED) is 0.908. The smallest absolute Gasteiger partial charge is 0.410 e. The predicted molar refractivity (Wildman–Crippen MR) is 93.8 cm³/mol. The van der Waals surface area contributed by atoms with E-state index in [9.17, 15) is 4.79 Å². The molecule has 0 aromatic carbocycles. The highest BCUT2D eigenvalue weighted by Crippen LogP contribution is 2.21. The van der Waals surface area contributed by atoms with E-state index in [0.29, 0.717) is 5.92 Å². The second kappa shape index (κ2) is 7.62. The molecule has 1 fully saturated rings. The van der Waals surface area contributed by atoms with Crippen LogP contribution in [0.4, 0.5) is 4.79 Å². The lowest BCUT2D eigenvalue weighted by Crippen LogP contribution is -2.43. The van der Waals surface area contributed by atoms with E-state index >= 15 is 0 Å². The highest BCUT2D eigenvalue weighted by molar-refractivity contribution is 7.09. The minimum atomic E-state index is -0.420. The van der Waals surface area contributed by atoms with Crippen LogP contribution in [0.2, 0.25) is 0 Å². The standard InChI is InChI=1S/C17H29N3O2S/c1-12(15-11-23-13(2)19-15)18-10-14-6-8-20(9-7-14)16(21)22-17(3,4)5/h11-12,14,18H,6-10H2,1-5H3/t12-/m0/s1. The van der Waals surface area contributed by atoms with Gasteiger partial charge in [0.15, 0.2) is 0 Å². The predicted octanol–water partition coefficient (Wildman–Crippen LogP) is 3.75. The molecule has 1 saturated heterocycles. The van der Waals surface area contributed by atoms with Gasteiger partial charge >= 0.3 is 6.09 Å². The molecular weight excluding hydrogens is 310 g/mol. The molecule has 0 saturated carbocycles. The molecule has 1 amide bonds. The third kappa shape index (κ3) is 5.77. The van der Waals surface area contributed by atoms with E-state index in [1.807, 2.05) is 32.6 Å². The second-order valence-electron chi connectivity index (χ2n) is 7.33. The summed E-state index contributed by atoms with van der Waals surface area (Å²) >= 11 is 1.69. The zero-order valence-corrected chi connectivity index (χ0v) is 15.7. The number of nitrogens with zero attached hydrogens (tertiary/aromatic N) is 2. The number of hydrogen-bond donors (Lipinski definition) is 1. The Bertz CT molecular complexity index is 516. The van der Waals surface area contributed by atoms with E-state index in [1.54, 1.807) is 11.3 Å². The number of nitrogens with one attached hydrogen (secondary N) is 1. The fourth-order valence-electron chi connectivity index (χ4n) is 2.67. The number of likely N-dealkylation sites (tertiary alicyclic amines) is 1. The number of hydrogen-bond acceptors (Lipinski definition) is 5. The number of aromatic nitrogens is 1. The lowest BCUT2D eigenvalue weighted by atomic mass is 9.96. The summed E-state index contributed by atoms with van der Waals surface area (Å²) in [5.74, 6) is 0.607. The fourth-order valence-corrected chi connectivity index (χ4v) is 3.38. The van der Waals surface area contributed by atoms with Gasteiger partial charge in [0.05, 0.1) is 10.7 Å². The van der Waals surface area contributed by atoms with Gasteiger partial charge in [0.2, 0.25) is 0 Å². The number of amides is 1. The van der Waals surface area contributed by atoms with Crippen LogP contribution < -0.4 is 5.32 Å². The van der Waals surface area contributed by atoms with Crippen molar-refractivity contribution in [2.45, 2.75) is 59.1 Å². The van der Waals surface area contributed by atoms with E-state index in [0.717, 1.165) is 43.2 Å². The first kappa shape index (κ1) is 18.2. The van der Waals surface area contributed by atoms with Crippen LogP contribution in [0.15, 0.2) is 5.38 Å². The molecule has 130 valence electrons. The SMILES string of the molecule is Cc1nc([C@H](C)NCC2CCN(C(=O)OC(C)(C)C)CC2)cs1. The molecule has 1 aliphatic rings. The van der Waals surface area contributed by atoms with Crippen LogP contribution >= 0.6 is 11.3 Å². The Morgan fingerprint density at radius 2 is 2.13 bits per heavy atom. The van der Waals surface area contributed by atoms with Crippen molar-refractivity contribution >= 4 is 17.4 Å². The molecule has 1 aromatic rings. The van der Waals surface area contributed by atoms with Crippen molar-refractivity contribution in [2.24, 2.45) is 5.92 Å². The average molecular weight is 340 g/mol. The van der Waals surface area contributed by atoms with Crippen molar-refractivity contribution in [3.63, 3.8) is 0 Å². The molecule has 0 unspecified atom stereocenters. The van der Waals surface area contributed by atoms with Crippen LogP contribution in [0.5, 0.6) is 0 Å². The van der Waals surface area contributed by atoms with E-state index in [1.165, 1.54) is 0 Å². The van der Waals surface area contributed by atoms with Gasteiger partial charge in [-0.1, -0.05) is 0 Å². The molecule has 1 aromatic heterocycles. The second-order valence-corrected chi connectivity index (χ2v) is 8.39. The van der Waals surface area contributed by atoms with Crippen molar-refractivity contribution in [1.29, 1.82) is 0 Å². The molecule has 0 bridgehead atoms. The summed E-state index contributed by atoms with van der Waals surface area (Å²) in [6.07, 6.45) is 1.86. The zero-order chi connectivity index (χ0) is 17.0. The maximum atomic E-state index is 12.1. The first-order chi connectivity index (χ1) is 10.7. The molecule has 0 radical (unpaired) electrons. The molecule has 0 aliphatic carbocycles. The number of carbonyl (C=O) groups is 1. The van der Waals surface area contributed by atoms with Crippen molar-refractivity contribution < 1.29 is 9.53 Å². The van der Waals surface area contributed by atoms with Gasteiger partial charge in [0.1, 0.15) is 5.60 Å². The van der Waals surface area contributed by atoms with Crippen LogP contribution in [0.25, 0.3) is 0 Å². The van der Waals surface area contributed by atoms with Gasteiger partial charge in [0.25, 0.3) is 0 Å². The van der Waals surface area contributed by atoms with Crippen molar-refractivity contribution in [3.8, 4) is 0 Å². The Morgan fingerprint density at radius 1 is 1.48 bits per heavy atom. The largest absolute Gasteiger partial charge is 0.444 e. The molecular formula is C17H29N3O2S. The lowest BCUT2D eigenvalue weighted by Gasteiger charge is -2.33. The molecule has 5 nitrogen and oxygen atoms in total. The molecule has 23 heavy (non-hydrogen) atoms. The minimum absolute atomic E-state index is 0.185. The highest BCUT2D eigenvalue weighted by Gasteiger charge is 2.27. The van der Waals surface area contributed by atoms with Crippen molar-refractivity contribution in [3.05, 3.63) is 16.1 Å². The minimum Gasteiger partial charge on any atom is -0.444 e. The first-order valence-corrected chi connectivity index (χ1v) is 9.26. The summed E-state index contributed by atoms with van der Waals surface area (Å²) in [6, 6.07) is 0.281. The molecule has 1 N–H and O–H groups in total. The van der Waals surface area contributed by atoms with Gasteiger partial charge in [-0.05, 0) is 59.9 Å². The Labute approximate surface area is 143 Å². The number of piperidine rings is 1. The van der Waals surface area contributed by atoms with Gasteiger partial charge in [-0.2, -0.15) is 0 Å².